The third kappa shape index (κ3) is 2.06. The van der Waals surface area contributed by atoms with E-state index in [1.165, 1.54) is 4.74 Å². The van der Waals surface area contributed by atoms with Crippen LogP contribution in [-0.4, -0.2) is 34.5 Å². The van der Waals surface area contributed by atoms with Crippen molar-refractivity contribution in [2.45, 2.75) is 18.9 Å². The number of hydrogen-bond acceptors (Lipinski definition) is 3. The van der Waals surface area contributed by atoms with Crippen LogP contribution in [0.3, 0.4) is 0 Å². The molecule has 0 fully saturated rings. The van der Waals surface area contributed by atoms with E-state index < -0.39 is 0 Å². The Hall–Kier alpha value is -2.07. The fraction of sp³-hybridized carbons (Fsp3) is 0.294. The maximum Gasteiger partial charge on any atom is 0.257 e. The molecular weight excluding hydrogens is 300 g/mol. The third-order valence-corrected chi connectivity index (χ3v) is 4.47. The van der Waals surface area contributed by atoms with Gasteiger partial charge in [0.2, 0.25) is 0 Å². The monoisotopic (exact) mass is 315 g/mol. The summed E-state index contributed by atoms with van der Waals surface area (Å²) in [4.78, 5) is 4.57. The highest BCUT2D eigenvalue weighted by Gasteiger charge is 2.44. The summed E-state index contributed by atoms with van der Waals surface area (Å²) >= 11 is 5.98. The minimum absolute atomic E-state index is 0.282. The Morgan fingerprint density at radius 3 is 2.91 bits per heavy atom. The zero-order valence-corrected chi connectivity index (χ0v) is 12.8. The molecule has 0 saturated heterocycles. The van der Waals surface area contributed by atoms with Gasteiger partial charge < -0.3 is 4.74 Å². The first-order valence-corrected chi connectivity index (χ1v) is 7.81. The summed E-state index contributed by atoms with van der Waals surface area (Å²) < 4.78 is 7.20. The zero-order chi connectivity index (χ0) is 15.1. The average Bonchev–Trinajstić information content (AvgIpc) is 2.57. The number of allylic oxidation sites excluding steroid dienone is 1. The molecular formula is C17H16ClN2O2+. The number of rotatable bonds is 1. The molecule has 3 aliphatic heterocycles. The maximum atomic E-state index is 10.8. The van der Waals surface area contributed by atoms with Crippen molar-refractivity contribution >= 4 is 23.0 Å². The van der Waals surface area contributed by atoms with Gasteiger partial charge in [0.15, 0.2) is 11.5 Å². The van der Waals surface area contributed by atoms with Crippen LogP contribution in [0.1, 0.15) is 24.4 Å². The van der Waals surface area contributed by atoms with E-state index in [2.05, 4.69) is 4.99 Å². The first kappa shape index (κ1) is 13.6. The molecule has 0 bridgehead atoms. The predicted octanol–water partition coefficient (Wildman–Crippen LogP) is 3.31. The number of benzene rings is 1. The molecule has 1 unspecified atom stereocenters. The van der Waals surface area contributed by atoms with Gasteiger partial charge >= 0.3 is 0 Å². The van der Waals surface area contributed by atoms with E-state index in [-0.39, 0.29) is 6.04 Å². The number of hydrogen-bond donors (Lipinski definition) is 1. The molecule has 0 spiro atoms. The van der Waals surface area contributed by atoms with Gasteiger partial charge in [-0.25, -0.2) is 0 Å². The van der Waals surface area contributed by atoms with E-state index >= 15 is 0 Å². The van der Waals surface area contributed by atoms with Gasteiger partial charge in [-0.05, 0) is 35.4 Å². The summed E-state index contributed by atoms with van der Waals surface area (Å²) in [5.41, 5.74) is 3.57. The molecule has 22 heavy (non-hydrogen) atoms. The summed E-state index contributed by atoms with van der Waals surface area (Å²) in [6, 6.07) is 7.28. The molecule has 0 saturated carbocycles. The van der Waals surface area contributed by atoms with E-state index in [9.17, 15) is 5.21 Å². The van der Waals surface area contributed by atoms with Gasteiger partial charge in [-0.1, -0.05) is 23.7 Å². The zero-order valence-electron chi connectivity index (χ0n) is 12.0. The molecule has 0 aliphatic carbocycles. The Labute approximate surface area is 133 Å². The fourth-order valence-electron chi connectivity index (χ4n) is 3.21. The number of hydroxylamine groups is 1. The van der Waals surface area contributed by atoms with Gasteiger partial charge in [0.1, 0.15) is 6.61 Å². The number of aliphatic imine (C=N–C) groups is 1. The second kappa shape index (κ2) is 5.29. The average molecular weight is 316 g/mol. The van der Waals surface area contributed by atoms with E-state index in [1.54, 1.807) is 0 Å². The van der Waals surface area contributed by atoms with Crippen molar-refractivity contribution in [2.75, 3.05) is 13.2 Å². The van der Waals surface area contributed by atoms with Crippen molar-refractivity contribution in [3.05, 3.63) is 58.3 Å². The van der Waals surface area contributed by atoms with Crippen LogP contribution in [0.2, 0.25) is 5.02 Å². The molecule has 1 atom stereocenters. The highest BCUT2D eigenvalue weighted by atomic mass is 35.5. The standard InChI is InChI=1S/C17H16ClN2O2/c18-12-7-5-11(6-8-12)16-13-3-2-10-22-17(13)15-14(20(16)21)4-1-9-19-15/h2-3,5-8,16,21H,1,4,9-10H2/q+1. The molecule has 3 heterocycles. The molecule has 1 N–H and O–H groups in total. The Morgan fingerprint density at radius 2 is 2.09 bits per heavy atom. The molecule has 5 heteroatoms. The van der Waals surface area contributed by atoms with Crippen LogP contribution >= 0.6 is 11.6 Å². The largest absolute Gasteiger partial charge is 0.486 e. The van der Waals surface area contributed by atoms with Crippen molar-refractivity contribution < 1.29 is 14.7 Å². The lowest BCUT2D eigenvalue weighted by molar-refractivity contribution is -0.799. The minimum atomic E-state index is -0.282. The molecule has 1 aromatic carbocycles. The van der Waals surface area contributed by atoms with E-state index in [0.717, 1.165) is 47.7 Å². The summed E-state index contributed by atoms with van der Waals surface area (Å²) in [5.74, 6) is 0.808. The second-order valence-corrected chi connectivity index (χ2v) is 6.01. The van der Waals surface area contributed by atoms with Crippen LogP contribution in [0.5, 0.6) is 0 Å². The van der Waals surface area contributed by atoms with Gasteiger partial charge in [-0.15, -0.1) is 0 Å². The van der Waals surface area contributed by atoms with Crippen molar-refractivity contribution in [2.24, 2.45) is 4.99 Å². The van der Waals surface area contributed by atoms with Gasteiger partial charge in [0.05, 0.1) is 5.57 Å². The van der Waals surface area contributed by atoms with E-state index in [0.29, 0.717) is 11.6 Å². The topological polar surface area (TPSA) is 44.8 Å². The smallest absolute Gasteiger partial charge is 0.257 e. The van der Waals surface area contributed by atoms with E-state index in [4.69, 9.17) is 16.3 Å². The van der Waals surface area contributed by atoms with Gasteiger partial charge in [0.25, 0.3) is 11.8 Å². The van der Waals surface area contributed by atoms with Gasteiger partial charge in [-0.3, -0.25) is 10.2 Å². The van der Waals surface area contributed by atoms with E-state index in [1.807, 2.05) is 36.4 Å². The van der Waals surface area contributed by atoms with Crippen LogP contribution in [0, 0.1) is 0 Å². The number of ether oxygens (including phenoxy) is 1. The van der Waals surface area contributed by atoms with Crippen LogP contribution in [0.4, 0.5) is 0 Å². The van der Waals surface area contributed by atoms with Crippen molar-refractivity contribution in [1.82, 2.24) is 0 Å². The van der Waals surface area contributed by atoms with Crippen LogP contribution in [0.15, 0.2) is 52.7 Å². The molecule has 4 nitrogen and oxygen atoms in total. The quantitative estimate of drug-likeness (QED) is 0.638. The van der Waals surface area contributed by atoms with Crippen LogP contribution < -0.4 is 0 Å². The highest BCUT2D eigenvalue weighted by molar-refractivity contribution is 6.47. The Morgan fingerprint density at radius 1 is 1.27 bits per heavy atom. The highest BCUT2D eigenvalue weighted by Crippen LogP contribution is 2.36. The Kier molecular flexibility index (Phi) is 3.26. The van der Waals surface area contributed by atoms with Gasteiger partial charge in [-0.2, -0.15) is 0 Å². The molecule has 0 amide bonds. The minimum Gasteiger partial charge on any atom is -0.486 e. The summed E-state index contributed by atoms with van der Waals surface area (Å²) in [6.45, 7) is 1.33. The molecule has 0 radical (unpaired) electrons. The molecule has 0 aromatic heterocycles. The third-order valence-electron chi connectivity index (χ3n) is 4.21. The Balaban J connectivity index is 1.90. The SMILES string of the molecule is O[N+]1=C2CCCN=C2C2=C(C=CCO2)C1c1ccc(Cl)cc1. The normalized spacial score (nSPS) is 23.7. The molecule has 3 aliphatic rings. The molecule has 112 valence electrons. The lowest BCUT2D eigenvalue weighted by atomic mass is 9.89. The number of halogens is 1. The predicted molar refractivity (Wildman–Crippen MR) is 84.9 cm³/mol. The first-order chi connectivity index (χ1) is 10.8. The second-order valence-electron chi connectivity index (χ2n) is 5.58. The van der Waals surface area contributed by atoms with Crippen molar-refractivity contribution in [3.63, 3.8) is 0 Å². The van der Waals surface area contributed by atoms with Crippen molar-refractivity contribution in [3.8, 4) is 0 Å². The van der Waals surface area contributed by atoms with Crippen LogP contribution in [-0.2, 0) is 4.74 Å². The van der Waals surface area contributed by atoms with Crippen molar-refractivity contribution in [1.29, 1.82) is 0 Å². The number of nitrogens with zero attached hydrogens (tertiary/aromatic N) is 2. The lowest BCUT2D eigenvalue weighted by Crippen LogP contribution is -2.39. The lowest BCUT2D eigenvalue weighted by Gasteiger charge is -2.27. The van der Waals surface area contributed by atoms with Crippen LogP contribution in [0.25, 0.3) is 0 Å². The molecule has 1 aromatic rings. The summed E-state index contributed by atoms with van der Waals surface area (Å²) in [6.07, 6.45) is 5.74. The van der Waals surface area contributed by atoms with Gasteiger partial charge in [0, 0.05) is 23.6 Å². The molecule has 4 rings (SSSR count). The number of fused-ring (bicyclic) bond motifs is 2. The first-order valence-electron chi connectivity index (χ1n) is 7.44. The summed E-state index contributed by atoms with van der Waals surface area (Å²) in [7, 11) is 0. The Bertz CT molecular complexity index is 744. The maximum absolute atomic E-state index is 10.8. The fourth-order valence-corrected chi connectivity index (χ4v) is 3.34. The summed E-state index contributed by atoms with van der Waals surface area (Å²) in [5, 5.41) is 11.5.